The molecule has 1 aliphatic rings. The maximum atomic E-state index is 13.9. The standard InChI is InChI=1S/C25H25NO5S/c1-4-30-24-15-14-18(16-22(24)25(27)31-5-2)32(28,29)26-17(3)19-10-6-7-11-20(19)21-12-8-9-13-23(21)26/h6-17H,4-5H2,1-3H3. The Balaban J connectivity index is 1.87. The molecule has 0 amide bonds. The van der Waals surface area contributed by atoms with Crippen LogP contribution in [0.2, 0.25) is 0 Å². The molecule has 3 aromatic rings. The lowest BCUT2D eigenvalue weighted by molar-refractivity contribution is 0.0521. The van der Waals surface area contributed by atoms with Crippen LogP contribution in [0, 0.1) is 0 Å². The predicted octanol–water partition coefficient (Wildman–Crippen LogP) is 5.20. The Hall–Kier alpha value is -3.32. The number of anilines is 1. The third-order valence-electron chi connectivity index (χ3n) is 5.50. The van der Waals surface area contributed by atoms with Crippen molar-refractivity contribution in [3.05, 3.63) is 77.9 Å². The number of benzene rings is 3. The van der Waals surface area contributed by atoms with E-state index in [1.807, 2.05) is 49.4 Å². The molecule has 3 aromatic carbocycles. The van der Waals surface area contributed by atoms with E-state index in [2.05, 4.69) is 0 Å². The van der Waals surface area contributed by atoms with Crippen LogP contribution in [0.25, 0.3) is 11.1 Å². The van der Waals surface area contributed by atoms with Crippen LogP contribution >= 0.6 is 0 Å². The van der Waals surface area contributed by atoms with Crippen molar-refractivity contribution < 1.29 is 22.7 Å². The fraction of sp³-hybridized carbons (Fsp3) is 0.240. The van der Waals surface area contributed by atoms with Crippen molar-refractivity contribution in [1.82, 2.24) is 0 Å². The van der Waals surface area contributed by atoms with E-state index in [9.17, 15) is 13.2 Å². The monoisotopic (exact) mass is 451 g/mol. The summed E-state index contributed by atoms with van der Waals surface area (Å²) in [6, 6.07) is 19.1. The highest BCUT2D eigenvalue weighted by Crippen LogP contribution is 2.47. The number of carbonyl (C=O) groups excluding carboxylic acids is 1. The number of hydrogen-bond donors (Lipinski definition) is 0. The van der Waals surface area contributed by atoms with Crippen molar-refractivity contribution in [3.8, 4) is 16.9 Å². The topological polar surface area (TPSA) is 72.9 Å². The molecule has 0 saturated heterocycles. The van der Waals surface area contributed by atoms with Crippen LogP contribution in [0.1, 0.15) is 42.7 Å². The van der Waals surface area contributed by atoms with Crippen molar-refractivity contribution in [2.45, 2.75) is 31.7 Å². The second-order valence-corrected chi connectivity index (χ2v) is 9.21. The maximum absolute atomic E-state index is 13.9. The molecule has 1 aliphatic heterocycles. The number of rotatable bonds is 6. The second kappa shape index (κ2) is 8.67. The molecule has 166 valence electrons. The fourth-order valence-electron chi connectivity index (χ4n) is 4.11. The Morgan fingerprint density at radius 2 is 1.62 bits per heavy atom. The zero-order valence-electron chi connectivity index (χ0n) is 18.2. The summed E-state index contributed by atoms with van der Waals surface area (Å²) in [5.41, 5.74) is 3.48. The minimum absolute atomic E-state index is 0.00467. The van der Waals surface area contributed by atoms with Crippen molar-refractivity contribution in [1.29, 1.82) is 0 Å². The summed E-state index contributed by atoms with van der Waals surface area (Å²) in [4.78, 5) is 12.5. The van der Waals surface area contributed by atoms with Gasteiger partial charge in [-0.05, 0) is 56.2 Å². The number of esters is 1. The van der Waals surface area contributed by atoms with Gasteiger partial charge in [0.05, 0.1) is 29.8 Å². The van der Waals surface area contributed by atoms with E-state index in [0.29, 0.717) is 18.0 Å². The largest absolute Gasteiger partial charge is 0.493 e. The molecule has 1 heterocycles. The Bertz CT molecular complexity index is 1270. The van der Waals surface area contributed by atoms with Gasteiger partial charge in [0.25, 0.3) is 10.0 Å². The number of carbonyl (C=O) groups is 1. The third kappa shape index (κ3) is 3.62. The normalized spacial score (nSPS) is 15.0. The third-order valence-corrected chi connectivity index (χ3v) is 7.38. The highest BCUT2D eigenvalue weighted by molar-refractivity contribution is 7.92. The van der Waals surface area contributed by atoms with Crippen LogP contribution in [-0.4, -0.2) is 27.6 Å². The smallest absolute Gasteiger partial charge is 0.341 e. The summed E-state index contributed by atoms with van der Waals surface area (Å²) in [5.74, 6) is -0.326. The molecule has 7 heteroatoms. The van der Waals surface area contributed by atoms with Crippen LogP contribution in [-0.2, 0) is 14.8 Å². The fourth-order valence-corrected chi connectivity index (χ4v) is 5.79. The van der Waals surface area contributed by atoms with Gasteiger partial charge in [-0.25, -0.2) is 13.2 Å². The molecule has 0 N–H and O–H groups in total. The maximum Gasteiger partial charge on any atom is 0.341 e. The average molecular weight is 452 g/mol. The van der Waals surface area contributed by atoms with Gasteiger partial charge in [-0.2, -0.15) is 0 Å². The molecule has 1 unspecified atom stereocenters. The van der Waals surface area contributed by atoms with Crippen molar-refractivity contribution in [3.63, 3.8) is 0 Å². The van der Waals surface area contributed by atoms with Crippen LogP contribution in [0.15, 0.2) is 71.6 Å². The van der Waals surface area contributed by atoms with Gasteiger partial charge in [0.15, 0.2) is 0 Å². The van der Waals surface area contributed by atoms with Gasteiger partial charge in [0.1, 0.15) is 11.3 Å². The second-order valence-electron chi connectivity index (χ2n) is 7.39. The van der Waals surface area contributed by atoms with Gasteiger partial charge < -0.3 is 9.47 Å². The lowest BCUT2D eigenvalue weighted by Crippen LogP contribution is -2.36. The molecular weight excluding hydrogens is 426 g/mol. The summed E-state index contributed by atoms with van der Waals surface area (Å²) in [7, 11) is -4.00. The first-order valence-electron chi connectivity index (χ1n) is 10.6. The van der Waals surface area contributed by atoms with Crippen molar-refractivity contribution in [2.24, 2.45) is 0 Å². The van der Waals surface area contributed by atoms with Crippen LogP contribution < -0.4 is 9.04 Å². The molecule has 0 radical (unpaired) electrons. The molecule has 0 bridgehead atoms. The predicted molar refractivity (Wildman–Crippen MR) is 124 cm³/mol. The van der Waals surface area contributed by atoms with Gasteiger partial charge >= 0.3 is 5.97 Å². The molecule has 0 aromatic heterocycles. The zero-order valence-corrected chi connectivity index (χ0v) is 19.1. The molecule has 1 atom stereocenters. The summed E-state index contributed by atoms with van der Waals surface area (Å²) in [6.45, 7) is 5.87. The first-order chi connectivity index (χ1) is 15.4. The number of sulfonamides is 1. The lowest BCUT2D eigenvalue weighted by atomic mass is 9.90. The Labute approximate surface area is 188 Å². The summed E-state index contributed by atoms with van der Waals surface area (Å²) < 4.78 is 39.9. The first kappa shape index (κ1) is 21.9. The first-order valence-corrected chi connectivity index (χ1v) is 12.0. The minimum atomic E-state index is -4.00. The number of para-hydroxylation sites is 1. The lowest BCUT2D eigenvalue weighted by Gasteiger charge is -2.37. The van der Waals surface area contributed by atoms with E-state index in [1.54, 1.807) is 19.9 Å². The number of hydrogen-bond acceptors (Lipinski definition) is 5. The van der Waals surface area contributed by atoms with Crippen LogP contribution in [0.5, 0.6) is 5.75 Å². The number of fused-ring (bicyclic) bond motifs is 3. The zero-order chi connectivity index (χ0) is 22.9. The highest BCUT2D eigenvalue weighted by Gasteiger charge is 2.37. The number of ether oxygens (including phenoxy) is 2. The van der Waals surface area contributed by atoms with Gasteiger partial charge in [0, 0.05) is 5.56 Å². The molecule has 6 nitrogen and oxygen atoms in total. The summed E-state index contributed by atoms with van der Waals surface area (Å²) in [6.07, 6.45) is 0. The number of nitrogens with zero attached hydrogens (tertiary/aromatic N) is 1. The Kier molecular flexibility index (Phi) is 5.93. The SMILES string of the molecule is CCOC(=O)c1cc(S(=O)(=O)N2c3ccccc3-c3ccccc3C2C)ccc1OCC. The highest BCUT2D eigenvalue weighted by atomic mass is 32.2. The molecule has 0 spiro atoms. The van der Waals surface area contributed by atoms with E-state index < -0.39 is 22.0 Å². The van der Waals surface area contributed by atoms with Crippen molar-refractivity contribution >= 4 is 21.7 Å². The van der Waals surface area contributed by atoms with Crippen LogP contribution in [0.3, 0.4) is 0 Å². The molecule has 0 aliphatic carbocycles. The average Bonchev–Trinajstić information content (AvgIpc) is 2.80. The summed E-state index contributed by atoms with van der Waals surface area (Å²) >= 11 is 0. The van der Waals surface area contributed by atoms with Gasteiger partial charge in [-0.1, -0.05) is 42.5 Å². The van der Waals surface area contributed by atoms with Gasteiger partial charge in [-0.3, -0.25) is 4.31 Å². The van der Waals surface area contributed by atoms with Crippen molar-refractivity contribution in [2.75, 3.05) is 17.5 Å². The Morgan fingerprint density at radius 1 is 0.938 bits per heavy atom. The van der Waals surface area contributed by atoms with Gasteiger partial charge in [0.2, 0.25) is 0 Å². The van der Waals surface area contributed by atoms with E-state index in [4.69, 9.17) is 9.47 Å². The van der Waals surface area contributed by atoms with E-state index in [0.717, 1.165) is 16.7 Å². The molecule has 0 saturated carbocycles. The van der Waals surface area contributed by atoms with E-state index in [-0.39, 0.29) is 17.1 Å². The quantitative estimate of drug-likeness (QED) is 0.482. The molecular formula is C25H25NO5S. The minimum Gasteiger partial charge on any atom is -0.493 e. The van der Waals surface area contributed by atoms with E-state index in [1.165, 1.54) is 22.5 Å². The molecule has 0 fully saturated rings. The Morgan fingerprint density at radius 3 is 2.34 bits per heavy atom. The molecule has 4 rings (SSSR count). The van der Waals surface area contributed by atoms with Crippen LogP contribution in [0.4, 0.5) is 5.69 Å². The van der Waals surface area contributed by atoms with Gasteiger partial charge in [-0.15, -0.1) is 0 Å². The van der Waals surface area contributed by atoms with E-state index >= 15 is 0 Å². The molecule has 32 heavy (non-hydrogen) atoms. The summed E-state index contributed by atoms with van der Waals surface area (Å²) in [5, 5.41) is 0.